The Hall–Kier alpha value is -2.53. The molecule has 3 N–H and O–H groups in total. The number of benzene rings is 1. The van der Waals surface area contributed by atoms with Crippen molar-refractivity contribution < 1.29 is 8.42 Å². The average Bonchev–Trinajstić information content (AvgIpc) is 3.62. The van der Waals surface area contributed by atoms with Gasteiger partial charge in [0.2, 0.25) is 10.0 Å². The fourth-order valence-electron chi connectivity index (χ4n) is 5.22. The van der Waals surface area contributed by atoms with Crippen LogP contribution < -0.4 is 5.32 Å². The van der Waals surface area contributed by atoms with Gasteiger partial charge in [0.15, 0.2) is 0 Å². The first-order valence-electron chi connectivity index (χ1n) is 13.5. The van der Waals surface area contributed by atoms with Crippen molar-refractivity contribution in [1.82, 2.24) is 34.5 Å². The van der Waals surface area contributed by atoms with Crippen LogP contribution in [-0.4, -0.2) is 62.7 Å². The number of sulfonamides is 1. The summed E-state index contributed by atoms with van der Waals surface area (Å²) in [7, 11) is -3.74. The Morgan fingerprint density at radius 2 is 1.46 bits per heavy atom. The average molecular weight is 528 g/mol. The van der Waals surface area contributed by atoms with Crippen LogP contribution in [0.3, 0.4) is 0 Å². The lowest BCUT2D eigenvalue weighted by Crippen LogP contribution is -2.43. The maximum atomic E-state index is 13.5. The molecule has 2 heterocycles. The molecule has 3 aromatic rings. The summed E-state index contributed by atoms with van der Waals surface area (Å²) >= 11 is 0. The molecular formula is C27H41N7O2S. The molecule has 0 atom stereocenters. The first-order valence-corrected chi connectivity index (χ1v) is 15.0. The van der Waals surface area contributed by atoms with Crippen molar-refractivity contribution in [2.24, 2.45) is 0 Å². The molecule has 1 fully saturated rings. The van der Waals surface area contributed by atoms with E-state index in [1.807, 2.05) is 12.1 Å². The van der Waals surface area contributed by atoms with Gasteiger partial charge in [0, 0.05) is 43.4 Å². The number of hydrogen-bond donors (Lipinski definition) is 3. The van der Waals surface area contributed by atoms with E-state index in [9.17, 15) is 8.42 Å². The fourth-order valence-corrected chi connectivity index (χ4v) is 6.58. The summed E-state index contributed by atoms with van der Waals surface area (Å²) in [5, 5.41) is 3.70. The highest BCUT2D eigenvalue weighted by Crippen LogP contribution is 2.25. The lowest BCUT2D eigenvalue weighted by atomic mass is 9.89. The molecule has 0 bridgehead atoms. The highest BCUT2D eigenvalue weighted by Gasteiger charge is 2.27. The first kappa shape index (κ1) is 27.5. The molecule has 10 heteroatoms. The van der Waals surface area contributed by atoms with E-state index in [1.165, 1.54) is 55.9 Å². The number of rotatable bonds is 14. The van der Waals surface area contributed by atoms with Crippen LogP contribution in [0.15, 0.2) is 53.9 Å². The molecule has 9 nitrogen and oxygen atoms in total. The number of hydrogen-bond acceptors (Lipinski definition) is 6. The van der Waals surface area contributed by atoms with E-state index in [4.69, 9.17) is 0 Å². The van der Waals surface area contributed by atoms with Gasteiger partial charge < -0.3 is 20.2 Å². The van der Waals surface area contributed by atoms with Gasteiger partial charge in [-0.25, -0.2) is 18.4 Å². The summed E-state index contributed by atoms with van der Waals surface area (Å²) in [4.78, 5) is 17.3. The van der Waals surface area contributed by atoms with Gasteiger partial charge in [-0.3, -0.25) is 0 Å². The number of nitrogens with zero attached hydrogens (tertiary/aromatic N) is 4. The van der Waals surface area contributed by atoms with E-state index in [0.29, 0.717) is 23.7 Å². The second-order valence-corrected chi connectivity index (χ2v) is 11.8. The fraction of sp³-hybridized carbons (Fsp3) is 0.556. The number of H-pyrrole nitrogens is 2. The minimum absolute atomic E-state index is 0.135. The third kappa shape index (κ3) is 7.50. The van der Waals surface area contributed by atoms with Crippen LogP contribution in [-0.2, 0) is 29.7 Å². The Bertz CT molecular complexity index is 1100. The van der Waals surface area contributed by atoms with Gasteiger partial charge in [-0.05, 0) is 69.3 Å². The molecule has 0 spiro atoms. The molecule has 4 rings (SSSR count). The van der Waals surface area contributed by atoms with E-state index in [2.05, 4.69) is 44.0 Å². The Kier molecular flexibility index (Phi) is 9.90. The Labute approximate surface area is 221 Å². The summed E-state index contributed by atoms with van der Waals surface area (Å²) < 4.78 is 28.4. The molecule has 2 aromatic heterocycles. The summed E-state index contributed by atoms with van der Waals surface area (Å²) in [6.07, 6.45) is 13.9. The van der Waals surface area contributed by atoms with Crippen LogP contribution in [0.25, 0.3) is 0 Å². The predicted molar refractivity (Wildman–Crippen MR) is 145 cm³/mol. The molecule has 0 saturated heterocycles. The van der Waals surface area contributed by atoms with Crippen molar-refractivity contribution in [2.45, 2.75) is 89.0 Å². The van der Waals surface area contributed by atoms with Gasteiger partial charge in [-0.15, -0.1) is 0 Å². The minimum atomic E-state index is -3.74. The van der Waals surface area contributed by atoms with Crippen LogP contribution in [0.4, 0.5) is 0 Å². The molecule has 1 aromatic carbocycles. The lowest BCUT2D eigenvalue weighted by molar-refractivity contribution is 0.143. The molecule has 202 valence electrons. The summed E-state index contributed by atoms with van der Waals surface area (Å²) in [6.45, 7) is 7.94. The van der Waals surface area contributed by atoms with Crippen molar-refractivity contribution in [3.05, 3.63) is 66.3 Å². The van der Waals surface area contributed by atoms with Crippen LogP contribution in [0.2, 0.25) is 0 Å². The zero-order valence-corrected chi connectivity index (χ0v) is 22.9. The first-order chi connectivity index (χ1) is 18.0. The monoisotopic (exact) mass is 527 g/mol. The molecule has 1 aliphatic carbocycles. The summed E-state index contributed by atoms with van der Waals surface area (Å²) in [5.74, 6) is 1.16. The van der Waals surface area contributed by atoms with Crippen molar-refractivity contribution >= 4 is 10.0 Å². The standard InChI is InChI=1S/C27H41N7O2S/c1-3-17-33(18-4-2)24-9-7-23(8-10-24)32-19-22-5-11-25(12-6-22)37(35,36)34(20-26-28-13-14-29-26)21-27-30-15-16-31-27/h5-6,11-16,23-24,32H,3-4,7-10,17-21H2,1-2H3,(H,28,29)(H,30,31). The van der Waals surface area contributed by atoms with Gasteiger partial charge in [0.25, 0.3) is 0 Å². The van der Waals surface area contributed by atoms with E-state index < -0.39 is 10.0 Å². The molecule has 0 unspecified atom stereocenters. The maximum Gasteiger partial charge on any atom is 0.243 e. The molecule has 0 radical (unpaired) electrons. The molecular weight excluding hydrogens is 486 g/mol. The van der Waals surface area contributed by atoms with E-state index in [-0.39, 0.29) is 18.0 Å². The summed E-state index contributed by atoms with van der Waals surface area (Å²) in [5.41, 5.74) is 1.09. The maximum absolute atomic E-state index is 13.5. The van der Waals surface area contributed by atoms with Crippen LogP contribution in [0, 0.1) is 0 Å². The van der Waals surface area contributed by atoms with Crippen molar-refractivity contribution in [3.63, 3.8) is 0 Å². The van der Waals surface area contributed by atoms with Crippen molar-refractivity contribution in [1.29, 1.82) is 0 Å². The normalized spacial score (nSPS) is 18.6. The highest BCUT2D eigenvalue weighted by atomic mass is 32.2. The molecule has 0 aliphatic heterocycles. The predicted octanol–water partition coefficient (Wildman–Crippen LogP) is 4.05. The van der Waals surface area contributed by atoms with E-state index in [0.717, 1.165) is 12.1 Å². The van der Waals surface area contributed by atoms with Crippen molar-refractivity contribution in [2.75, 3.05) is 13.1 Å². The SMILES string of the molecule is CCCN(CCC)C1CCC(NCc2ccc(S(=O)(=O)N(Cc3ncc[nH]3)Cc3ncc[nH]3)cc2)CC1. The largest absolute Gasteiger partial charge is 0.347 e. The van der Waals surface area contributed by atoms with Crippen molar-refractivity contribution in [3.8, 4) is 0 Å². The van der Waals surface area contributed by atoms with Crippen LogP contribution >= 0.6 is 0 Å². The number of nitrogens with one attached hydrogen (secondary N) is 3. The number of aromatic amines is 2. The van der Waals surface area contributed by atoms with E-state index >= 15 is 0 Å². The van der Waals surface area contributed by atoms with Gasteiger partial charge in [-0.2, -0.15) is 4.31 Å². The lowest BCUT2D eigenvalue weighted by Gasteiger charge is -2.37. The van der Waals surface area contributed by atoms with Gasteiger partial charge in [-0.1, -0.05) is 26.0 Å². The third-order valence-corrected chi connectivity index (χ3v) is 8.96. The molecule has 1 aliphatic rings. The molecule has 37 heavy (non-hydrogen) atoms. The highest BCUT2D eigenvalue weighted by molar-refractivity contribution is 7.89. The van der Waals surface area contributed by atoms with E-state index in [1.54, 1.807) is 36.9 Å². The van der Waals surface area contributed by atoms with Crippen LogP contribution in [0.1, 0.15) is 69.6 Å². The van der Waals surface area contributed by atoms with Gasteiger partial charge in [0.1, 0.15) is 11.6 Å². The number of imidazole rings is 2. The van der Waals surface area contributed by atoms with Gasteiger partial charge in [0.05, 0.1) is 18.0 Å². The van der Waals surface area contributed by atoms with Gasteiger partial charge >= 0.3 is 0 Å². The Morgan fingerprint density at radius 1 is 0.892 bits per heavy atom. The quantitative estimate of drug-likeness (QED) is 0.292. The molecule has 1 saturated carbocycles. The topological polar surface area (TPSA) is 110 Å². The molecule has 0 amide bonds. The Morgan fingerprint density at radius 3 is 1.95 bits per heavy atom. The number of aromatic nitrogens is 4. The smallest absolute Gasteiger partial charge is 0.243 e. The minimum Gasteiger partial charge on any atom is -0.347 e. The summed E-state index contributed by atoms with van der Waals surface area (Å²) in [6, 6.07) is 8.46. The van der Waals surface area contributed by atoms with Crippen LogP contribution in [0.5, 0.6) is 0 Å². The Balaban J connectivity index is 1.34. The second kappa shape index (κ2) is 13.3. The second-order valence-electron chi connectivity index (χ2n) is 9.91. The zero-order chi connectivity index (χ0) is 26.1. The third-order valence-electron chi connectivity index (χ3n) is 7.15. The zero-order valence-electron chi connectivity index (χ0n) is 22.1.